The predicted molar refractivity (Wildman–Crippen MR) is 93.7 cm³/mol. The predicted octanol–water partition coefficient (Wildman–Crippen LogP) is 1.88. The summed E-state index contributed by atoms with van der Waals surface area (Å²) in [6.07, 6.45) is 2.89. The minimum atomic E-state index is -0.511. The van der Waals surface area contributed by atoms with E-state index >= 15 is 0 Å². The normalized spacial score (nSPS) is 10.5. The SMILES string of the molecule is CCOC(=O)c1cnc2c(c1)c(C#N)cn2CC(=O)Nc1nnc(C)s1. The highest BCUT2D eigenvalue weighted by Gasteiger charge is 2.16. The smallest absolute Gasteiger partial charge is 0.339 e. The summed E-state index contributed by atoms with van der Waals surface area (Å²) in [5, 5.41) is 21.3. The van der Waals surface area contributed by atoms with Crippen molar-refractivity contribution < 1.29 is 14.3 Å². The Kier molecular flexibility index (Phi) is 4.90. The minimum absolute atomic E-state index is 0.0530. The molecule has 1 N–H and O–H groups in total. The lowest BCUT2D eigenvalue weighted by Crippen LogP contribution is -2.18. The third-order valence-corrected chi connectivity index (χ3v) is 4.19. The molecule has 0 aliphatic heterocycles. The van der Waals surface area contributed by atoms with Crippen LogP contribution in [0.4, 0.5) is 5.13 Å². The van der Waals surface area contributed by atoms with E-state index in [9.17, 15) is 14.9 Å². The molecule has 3 rings (SSSR count). The molecule has 132 valence electrons. The molecule has 26 heavy (non-hydrogen) atoms. The molecule has 10 heteroatoms. The molecule has 0 fully saturated rings. The Labute approximate surface area is 152 Å². The van der Waals surface area contributed by atoms with E-state index in [0.717, 1.165) is 5.01 Å². The Morgan fingerprint density at radius 2 is 2.23 bits per heavy atom. The molecule has 0 aromatic carbocycles. The van der Waals surface area contributed by atoms with Gasteiger partial charge in [0.15, 0.2) is 0 Å². The monoisotopic (exact) mass is 370 g/mol. The molecule has 3 aromatic heterocycles. The van der Waals surface area contributed by atoms with Crippen LogP contribution in [-0.4, -0.2) is 38.2 Å². The Balaban J connectivity index is 1.88. The summed E-state index contributed by atoms with van der Waals surface area (Å²) in [5.41, 5.74) is 0.999. The quantitative estimate of drug-likeness (QED) is 0.680. The largest absolute Gasteiger partial charge is 0.462 e. The van der Waals surface area contributed by atoms with E-state index in [0.29, 0.717) is 21.7 Å². The number of amides is 1. The molecule has 0 bridgehead atoms. The molecule has 3 heterocycles. The second-order valence-electron chi connectivity index (χ2n) is 5.27. The van der Waals surface area contributed by atoms with Gasteiger partial charge in [-0.15, -0.1) is 10.2 Å². The van der Waals surface area contributed by atoms with Crippen LogP contribution in [0.15, 0.2) is 18.5 Å². The van der Waals surface area contributed by atoms with Crippen LogP contribution >= 0.6 is 11.3 Å². The lowest BCUT2D eigenvalue weighted by molar-refractivity contribution is -0.116. The van der Waals surface area contributed by atoms with Gasteiger partial charge < -0.3 is 9.30 Å². The molecular weight excluding hydrogens is 356 g/mol. The number of anilines is 1. The summed E-state index contributed by atoms with van der Waals surface area (Å²) in [6, 6.07) is 3.59. The molecule has 1 amide bonds. The summed E-state index contributed by atoms with van der Waals surface area (Å²) in [6.45, 7) is 3.69. The molecule has 3 aromatic rings. The van der Waals surface area contributed by atoms with E-state index < -0.39 is 5.97 Å². The highest BCUT2D eigenvalue weighted by Crippen LogP contribution is 2.21. The van der Waals surface area contributed by atoms with E-state index in [1.807, 2.05) is 6.07 Å². The van der Waals surface area contributed by atoms with E-state index in [4.69, 9.17) is 4.74 Å². The van der Waals surface area contributed by atoms with Crippen molar-refractivity contribution in [3.8, 4) is 6.07 Å². The Morgan fingerprint density at radius 3 is 2.88 bits per heavy atom. The molecule has 0 unspecified atom stereocenters. The van der Waals surface area contributed by atoms with Crippen LogP contribution in [0.1, 0.15) is 27.9 Å². The second kappa shape index (κ2) is 7.28. The van der Waals surface area contributed by atoms with Crippen molar-refractivity contribution in [1.82, 2.24) is 19.7 Å². The average molecular weight is 370 g/mol. The van der Waals surface area contributed by atoms with Gasteiger partial charge in [-0.2, -0.15) is 5.26 Å². The number of fused-ring (bicyclic) bond motifs is 1. The van der Waals surface area contributed by atoms with Crippen LogP contribution in [0.2, 0.25) is 0 Å². The molecular formula is C16H14N6O3S. The maximum atomic E-state index is 12.2. The van der Waals surface area contributed by atoms with Crippen LogP contribution in [0, 0.1) is 18.3 Å². The van der Waals surface area contributed by atoms with Gasteiger partial charge in [0.2, 0.25) is 11.0 Å². The van der Waals surface area contributed by atoms with E-state index in [1.54, 1.807) is 24.5 Å². The summed E-state index contributed by atoms with van der Waals surface area (Å²) >= 11 is 1.27. The van der Waals surface area contributed by atoms with Gasteiger partial charge in [-0.3, -0.25) is 10.1 Å². The number of hydrogen-bond acceptors (Lipinski definition) is 8. The number of aromatic nitrogens is 4. The first-order valence-electron chi connectivity index (χ1n) is 7.68. The third kappa shape index (κ3) is 3.52. The van der Waals surface area contributed by atoms with Crippen molar-refractivity contribution in [3.63, 3.8) is 0 Å². The average Bonchev–Trinajstić information content (AvgIpc) is 3.18. The Bertz CT molecular complexity index is 1030. The molecule has 0 aliphatic rings. The number of esters is 1. The van der Waals surface area contributed by atoms with Crippen LogP contribution in [0.3, 0.4) is 0 Å². The number of nitrogens with zero attached hydrogens (tertiary/aromatic N) is 5. The maximum Gasteiger partial charge on any atom is 0.339 e. The van der Waals surface area contributed by atoms with Crippen molar-refractivity contribution in [2.75, 3.05) is 11.9 Å². The molecule has 0 spiro atoms. The van der Waals surface area contributed by atoms with Crippen LogP contribution in [0.5, 0.6) is 0 Å². The van der Waals surface area contributed by atoms with E-state index in [-0.39, 0.29) is 24.6 Å². The molecule has 0 saturated carbocycles. The lowest BCUT2D eigenvalue weighted by Gasteiger charge is -2.05. The number of pyridine rings is 1. The number of nitriles is 1. The summed E-state index contributed by atoms with van der Waals surface area (Å²) in [5.74, 6) is -0.832. The van der Waals surface area contributed by atoms with Gasteiger partial charge in [-0.25, -0.2) is 9.78 Å². The number of aryl methyl sites for hydroxylation is 1. The second-order valence-corrected chi connectivity index (χ2v) is 6.45. The first kappa shape index (κ1) is 17.5. The number of rotatable bonds is 5. The Hall–Kier alpha value is -3.32. The first-order valence-corrected chi connectivity index (χ1v) is 8.49. The minimum Gasteiger partial charge on any atom is -0.462 e. The fraction of sp³-hybridized carbons (Fsp3) is 0.250. The van der Waals surface area contributed by atoms with Gasteiger partial charge in [0.25, 0.3) is 0 Å². The topological polar surface area (TPSA) is 123 Å². The number of hydrogen-bond donors (Lipinski definition) is 1. The summed E-state index contributed by atoms with van der Waals surface area (Å²) in [7, 11) is 0. The zero-order chi connectivity index (χ0) is 18.7. The maximum absolute atomic E-state index is 12.2. The number of carbonyl (C=O) groups excluding carboxylic acids is 2. The molecule has 0 radical (unpaired) electrons. The zero-order valence-corrected chi connectivity index (χ0v) is 14.8. The number of carbonyl (C=O) groups is 2. The van der Waals surface area contributed by atoms with Gasteiger partial charge >= 0.3 is 5.97 Å². The van der Waals surface area contributed by atoms with Crippen LogP contribution in [0.25, 0.3) is 11.0 Å². The summed E-state index contributed by atoms with van der Waals surface area (Å²) in [4.78, 5) is 28.3. The molecule has 9 nitrogen and oxygen atoms in total. The summed E-state index contributed by atoms with van der Waals surface area (Å²) < 4.78 is 6.49. The standard InChI is InChI=1S/C16H14N6O3S/c1-3-25-15(24)10-4-12-11(5-17)7-22(14(12)18-6-10)8-13(23)19-16-21-20-9(2)26-16/h4,6-7H,3,8H2,1-2H3,(H,19,21,23). The fourth-order valence-corrected chi connectivity index (χ4v) is 2.98. The first-order chi connectivity index (χ1) is 12.5. The number of ether oxygens (including phenoxy) is 1. The highest BCUT2D eigenvalue weighted by molar-refractivity contribution is 7.15. The third-order valence-electron chi connectivity index (χ3n) is 3.43. The fourth-order valence-electron chi connectivity index (χ4n) is 2.37. The van der Waals surface area contributed by atoms with Crippen molar-refractivity contribution >= 4 is 39.4 Å². The van der Waals surface area contributed by atoms with Gasteiger partial charge in [-0.05, 0) is 19.9 Å². The van der Waals surface area contributed by atoms with Gasteiger partial charge in [0, 0.05) is 17.8 Å². The Morgan fingerprint density at radius 1 is 1.42 bits per heavy atom. The zero-order valence-electron chi connectivity index (χ0n) is 14.0. The number of nitrogens with one attached hydrogen (secondary N) is 1. The molecule has 0 atom stereocenters. The van der Waals surface area contributed by atoms with Crippen molar-refractivity contribution in [3.05, 3.63) is 34.6 Å². The van der Waals surface area contributed by atoms with Gasteiger partial charge in [0.05, 0.1) is 17.7 Å². The molecule has 0 saturated heterocycles. The van der Waals surface area contributed by atoms with Gasteiger partial charge in [0.1, 0.15) is 23.3 Å². The van der Waals surface area contributed by atoms with Crippen molar-refractivity contribution in [1.29, 1.82) is 5.26 Å². The van der Waals surface area contributed by atoms with Crippen molar-refractivity contribution in [2.24, 2.45) is 0 Å². The van der Waals surface area contributed by atoms with Crippen LogP contribution in [-0.2, 0) is 16.1 Å². The van der Waals surface area contributed by atoms with Gasteiger partial charge in [-0.1, -0.05) is 11.3 Å². The lowest BCUT2D eigenvalue weighted by atomic mass is 10.2. The highest BCUT2D eigenvalue weighted by atomic mass is 32.1. The molecule has 0 aliphatic carbocycles. The van der Waals surface area contributed by atoms with Crippen LogP contribution < -0.4 is 5.32 Å². The van der Waals surface area contributed by atoms with Crippen molar-refractivity contribution in [2.45, 2.75) is 20.4 Å². The van der Waals surface area contributed by atoms with E-state index in [1.165, 1.54) is 23.7 Å². The van der Waals surface area contributed by atoms with E-state index in [2.05, 4.69) is 20.5 Å².